The summed E-state index contributed by atoms with van der Waals surface area (Å²) in [5.74, 6) is -0.992. The van der Waals surface area contributed by atoms with Gasteiger partial charge in [0, 0.05) is 12.3 Å². The van der Waals surface area contributed by atoms with Crippen LogP contribution >= 0.6 is 11.6 Å². The molecule has 1 unspecified atom stereocenters. The first-order valence-corrected chi connectivity index (χ1v) is 4.14. The second-order valence-corrected chi connectivity index (χ2v) is 3.92. The zero-order valence-corrected chi connectivity index (χ0v) is 8.35. The van der Waals surface area contributed by atoms with Crippen molar-refractivity contribution in [1.29, 1.82) is 0 Å². The van der Waals surface area contributed by atoms with Crippen LogP contribution in [0.25, 0.3) is 0 Å². The van der Waals surface area contributed by atoms with Crippen LogP contribution < -0.4 is 0 Å². The highest BCUT2D eigenvalue weighted by Crippen LogP contribution is 2.18. The number of halogens is 1. The minimum Gasteiger partial charge on any atom is -0.480 e. The highest BCUT2D eigenvalue weighted by molar-refractivity contribution is 6.33. The van der Waals surface area contributed by atoms with Gasteiger partial charge in [0.15, 0.2) is 0 Å². The molecule has 3 nitrogen and oxygen atoms in total. The predicted molar refractivity (Wildman–Crippen MR) is 50.2 cm³/mol. The Morgan fingerprint density at radius 2 is 2.08 bits per heavy atom. The van der Waals surface area contributed by atoms with Gasteiger partial charge in [0.1, 0.15) is 4.87 Å². The van der Waals surface area contributed by atoms with E-state index in [1.54, 1.807) is 0 Å². The maximum Gasteiger partial charge on any atom is 0.324 e. The molecule has 0 aromatic heterocycles. The fourth-order valence-corrected chi connectivity index (χ4v) is 0.681. The summed E-state index contributed by atoms with van der Waals surface area (Å²) in [5.41, 5.74) is 0.938. The molecule has 0 aliphatic heterocycles. The van der Waals surface area contributed by atoms with E-state index in [2.05, 4.69) is 4.99 Å². The molecular weight excluding hydrogens is 178 g/mol. The Labute approximate surface area is 77.4 Å². The van der Waals surface area contributed by atoms with Gasteiger partial charge in [-0.25, -0.2) is 0 Å². The van der Waals surface area contributed by atoms with Crippen molar-refractivity contribution in [2.45, 2.75) is 32.1 Å². The lowest BCUT2D eigenvalue weighted by Gasteiger charge is -2.14. The van der Waals surface area contributed by atoms with Gasteiger partial charge in [0.2, 0.25) is 0 Å². The first-order valence-electron chi connectivity index (χ1n) is 3.76. The van der Waals surface area contributed by atoms with Crippen molar-refractivity contribution in [2.75, 3.05) is 6.54 Å². The summed E-state index contributed by atoms with van der Waals surface area (Å²) >= 11 is 5.69. The summed E-state index contributed by atoms with van der Waals surface area (Å²) in [6, 6.07) is 0. The molecule has 1 N–H and O–H groups in total. The molecule has 0 aromatic carbocycles. The van der Waals surface area contributed by atoms with E-state index < -0.39 is 10.8 Å². The minimum absolute atomic E-state index is 0.356. The van der Waals surface area contributed by atoms with Gasteiger partial charge in [-0.3, -0.25) is 9.79 Å². The van der Waals surface area contributed by atoms with Crippen LogP contribution in [0.4, 0.5) is 0 Å². The number of carboxylic acids is 1. The van der Waals surface area contributed by atoms with Crippen LogP contribution in [0.15, 0.2) is 4.99 Å². The van der Waals surface area contributed by atoms with E-state index in [9.17, 15) is 4.79 Å². The van der Waals surface area contributed by atoms with E-state index in [0.717, 1.165) is 5.71 Å². The van der Waals surface area contributed by atoms with Crippen LogP contribution in [0.1, 0.15) is 27.2 Å². The Morgan fingerprint density at radius 3 is 2.42 bits per heavy atom. The highest BCUT2D eigenvalue weighted by Gasteiger charge is 2.29. The normalized spacial score (nSPS) is 15.0. The van der Waals surface area contributed by atoms with Crippen molar-refractivity contribution >= 4 is 23.3 Å². The summed E-state index contributed by atoms with van der Waals surface area (Å²) in [6.07, 6.45) is 0.356. The third-order valence-electron chi connectivity index (χ3n) is 1.46. The van der Waals surface area contributed by atoms with Gasteiger partial charge in [0.25, 0.3) is 0 Å². The molecular formula is C8H14ClNO2. The summed E-state index contributed by atoms with van der Waals surface area (Å²) in [7, 11) is 0. The number of rotatable bonds is 4. The van der Waals surface area contributed by atoms with Gasteiger partial charge < -0.3 is 5.11 Å². The van der Waals surface area contributed by atoms with Crippen LogP contribution in [0.2, 0.25) is 0 Å². The molecule has 0 bridgehead atoms. The van der Waals surface area contributed by atoms with Crippen molar-refractivity contribution in [3.63, 3.8) is 0 Å². The van der Waals surface area contributed by atoms with Gasteiger partial charge >= 0.3 is 5.97 Å². The lowest BCUT2D eigenvalue weighted by molar-refractivity contribution is -0.139. The second-order valence-electron chi connectivity index (χ2n) is 3.08. The number of carbonyl (C=O) groups is 1. The van der Waals surface area contributed by atoms with Crippen molar-refractivity contribution in [3.05, 3.63) is 0 Å². The second kappa shape index (κ2) is 4.45. The molecule has 0 radical (unpaired) electrons. The van der Waals surface area contributed by atoms with E-state index in [1.807, 2.05) is 13.8 Å². The number of hydrogen-bond acceptors (Lipinski definition) is 2. The average Bonchev–Trinajstić information content (AvgIpc) is 1.85. The predicted octanol–water partition coefficient (Wildman–Crippen LogP) is 1.94. The van der Waals surface area contributed by atoms with E-state index in [4.69, 9.17) is 16.7 Å². The molecule has 0 aromatic rings. The quantitative estimate of drug-likeness (QED) is 0.546. The molecule has 0 amide bonds. The largest absolute Gasteiger partial charge is 0.480 e. The first kappa shape index (κ1) is 11.4. The van der Waals surface area contributed by atoms with E-state index in [0.29, 0.717) is 13.0 Å². The Hall–Kier alpha value is -0.570. The van der Waals surface area contributed by atoms with Crippen LogP contribution in [-0.4, -0.2) is 28.2 Å². The monoisotopic (exact) mass is 191 g/mol. The molecule has 0 fully saturated rings. The Morgan fingerprint density at radius 1 is 1.58 bits per heavy atom. The molecule has 70 valence electrons. The molecule has 0 saturated carbocycles. The third kappa shape index (κ3) is 4.34. The molecule has 12 heavy (non-hydrogen) atoms. The maximum absolute atomic E-state index is 10.5. The Balaban J connectivity index is 3.93. The molecule has 1 atom stereocenters. The SMILES string of the molecule is CC(C)=NCCC(C)(Cl)C(=O)O. The van der Waals surface area contributed by atoms with Gasteiger partial charge in [-0.2, -0.15) is 0 Å². The average molecular weight is 192 g/mol. The van der Waals surface area contributed by atoms with Gasteiger partial charge in [-0.15, -0.1) is 11.6 Å². The van der Waals surface area contributed by atoms with Crippen LogP contribution in [0.5, 0.6) is 0 Å². The maximum atomic E-state index is 10.5. The van der Waals surface area contributed by atoms with Gasteiger partial charge in [0.05, 0.1) is 0 Å². The standard InChI is InChI=1S/C8H14ClNO2/c1-6(2)10-5-4-8(3,9)7(11)12/h4-5H2,1-3H3,(H,11,12). The van der Waals surface area contributed by atoms with Crippen molar-refractivity contribution in [2.24, 2.45) is 4.99 Å². The number of aliphatic imine (C=N–C) groups is 1. The molecule has 0 aliphatic rings. The van der Waals surface area contributed by atoms with Crippen LogP contribution in [0.3, 0.4) is 0 Å². The molecule has 0 saturated heterocycles. The van der Waals surface area contributed by atoms with Crippen molar-refractivity contribution < 1.29 is 9.90 Å². The topological polar surface area (TPSA) is 49.7 Å². The third-order valence-corrected chi connectivity index (χ3v) is 1.81. The molecule has 0 spiro atoms. The summed E-state index contributed by atoms with van der Waals surface area (Å²) in [4.78, 5) is 13.4. The number of hydrogen-bond donors (Lipinski definition) is 1. The first-order chi connectivity index (χ1) is 5.36. The number of carboxylic acid groups (broad SMARTS) is 1. The highest BCUT2D eigenvalue weighted by atomic mass is 35.5. The van der Waals surface area contributed by atoms with Gasteiger partial charge in [-0.05, 0) is 27.2 Å². The zero-order valence-electron chi connectivity index (χ0n) is 7.59. The van der Waals surface area contributed by atoms with Crippen molar-refractivity contribution in [3.8, 4) is 0 Å². The van der Waals surface area contributed by atoms with E-state index in [-0.39, 0.29) is 0 Å². The summed E-state index contributed by atoms with van der Waals surface area (Å²) in [5, 5.41) is 8.63. The summed E-state index contributed by atoms with van der Waals surface area (Å²) in [6.45, 7) is 5.69. The zero-order chi connectivity index (χ0) is 9.78. The lowest BCUT2D eigenvalue weighted by atomic mass is 10.1. The molecule has 0 aliphatic carbocycles. The Bertz CT molecular complexity index is 195. The fraction of sp³-hybridized carbons (Fsp3) is 0.750. The smallest absolute Gasteiger partial charge is 0.324 e. The number of alkyl halides is 1. The van der Waals surface area contributed by atoms with Crippen molar-refractivity contribution in [1.82, 2.24) is 0 Å². The van der Waals surface area contributed by atoms with Crippen LogP contribution in [0, 0.1) is 0 Å². The van der Waals surface area contributed by atoms with E-state index in [1.165, 1.54) is 6.92 Å². The van der Waals surface area contributed by atoms with E-state index >= 15 is 0 Å². The fourth-order valence-electron chi connectivity index (χ4n) is 0.596. The molecule has 0 heterocycles. The number of nitrogens with zero attached hydrogens (tertiary/aromatic N) is 1. The summed E-state index contributed by atoms with van der Waals surface area (Å²) < 4.78 is 0. The molecule has 4 heteroatoms. The van der Waals surface area contributed by atoms with Crippen LogP contribution in [-0.2, 0) is 4.79 Å². The minimum atomic E-state index is -1.18. The Kier molecular flexibility index (Phi) is 4.24. The van der Waals surface area contributed by atoms with Gasteiger partial charge in [-0.1, -0.05) is 0 Å². The number of aliphatic carboxylic acids is 1. The molecule has 0 rings (SSSR count). The lowest BCUT2D eigenvalue weighted by Crippen LogP contribution is -2.29.